The van der Waals surface area contributed by atoms with E-state index in [2.05, 4.69) is 30.3 Å². The molecule has 3 heterocycles. The number of benzene rings is 1. The topological polar surface area (TPSA) is 68.5 Å². The maximum atomic E-state index is 6.19. The molecule has 0 aliphatic carbocycles. The molecule has 4 rings (SSSR count). The monoisotopic (exact) mass is 332 g/mol. The van der Waals surface area contributed by atoms with Crippen molar-refractivity contribution in [3.63, 3.8) is 0 Å². The van der Waals surface area contributed by atoms with Gasteiger partial charge in [0.15, 0.2) is 10.8 Å². The van der Waals surface area contributed by atoms with Gasteiger partial charge in [0.05, 0.1) is 11.6 Å². The molecule has 1 N–H and O–H groups in total. The highest BCUT2D eigenvalue weighted by atomic mass is 35.5. The predicted octanol–water partition coefficient (Wildman–Crippen LogP) is 3.01. The van der Waals surface area contributed by atoms with Crippen LogP contribution in [0.3, 0.4) is 0 Å². The van der Waals surface area contributed by atoms with Crippen LogP contribution in [0.25, 0.3) is 10.6 Å². The van der Waals surface area contributed by atoms with Crippen molar-refractivity contribution in [1.82, 2.24) is 25.0 Å². The molecule has 0 unspecified atom stereocenters. The number of hydrogen-bond donors (Lipinski definition) is 1. The van der Waals surface area contributed by atoms with Crippen LogP contribution in [0.2, 0.25) is 5.02 Å². The van der Waals surface area contributed by atoms with Crippen LogP contribution in [0.4, 0.5) is 5.13 Å². The second-order valence-corrected chi connectivity index (χ2v) is 6.42. The summed E-state index contributed by atoms with van der Waals surface area (Å²) in [6, 6.07) is 7.63. The van der Waals surface area contributed by atoms with Crippen LogP contribution in [0.15, 0.2) is 24.3 Å². The summed E-state index contributed by atoms with van der Waals surface area (Å²) in [6.45, 7) is 1.60. The predicted molar refractivity (Wildman–Crippen MR) is 86.0 cm³/mol. The van der Waals surface area contributed by atoms with E-state index in [4.69, 9.17) is 11.6 Å². The Hall–Kier alpha value is -1.99. The Balaban J connectivity index is 1.49. The zero-order chi connectivity index (χ0) is 14.9. The highest BCUT2D eigenvalue weighted by Gasteiger charge is 2.17. The van der Waals surface area contributed by atoms with E-state index < -0.39 is 0 Å². The maximum Gasteiger partial charge on any atom is 0.206 e. The van der Waals surface area contributed by atoms with E-state index in [1.165, 1.54) is 11.3 Å². The van der Waals surface area contributed by atoms with Crippen LogP contribution >= 0.6 is 22.9 Å². The second kappa shape index (κ2) is 5.66. The number of nitrogens with one attached hydrogen (secondary N) is 1. The largest absolute Gasteiger partial charge is 0.353 e. The van der Waals surface area contributed by atoms with Crippen LogP contribution < -0.4 is 5.32 Å². The van der Waals surface area contributed by atoms with Gasteiger partial charge in [-0.15, -0.1) is 20.4 Å². The standard InChI is InChI=1S/C14H13ClN6S/c15-10-5-2-1-4-9(10)13-19-20-14(22-13)16-8-12-18-17-11-6-3-7-21(11)12/h1-2,4-5H,3,6-8H2,(H,16,20). The molecular weight excluding hydrogens is 320 g/mol. The molecule has 0 amide bonds. The van der Waals surface area contributed by atoms with Crippen LogP contribution in [0.1, 0.15) is 18.1 Å². The number of hydrogen-bond acceptors (Lipinski definition) is 6. The molecule has 1 aliphatic heterocycles. The summed E-state index contributed by atoms with van der Waals surface area (Å²) in [6.07, 6.45) is 2.16. The van der Waals surface area contributed by atoms with E-state index in [-0.39, 0.29) is 0 Å². The number of aromatic nitrogens is 5. The molecule has 0 saturated carbocycles. The fourth-order valence-corrected chi connectivity index (χ4v) is 3.59. The molecule has 112 valence electrons. The van der Waals surface area contributed by atoms with E-state index in [1.807, 2.05) is 24.3 Å². The van der Waals surface area contributed by atoms with Crippen molar-refractivity contribution < 1.29 is 0 Å². The van der Waals surface area contributed by atoms with Crippen molar-refractivity contribution in [2.75, 3.05) is 5.32 Å². The number of anilines is 1. The fraction of sp³-hybridized carbons (Fsp3) is 0.286. The third-order valence-corrected chi connectivity index (χ3v) is 4.86. The number of nitrogens with zero attached hydrogens (tertiary/aromatic N) is 5. The summed E-state index contributed by atoms with van der Waals surface area (Å²) in [4.78, 5) is 0. The second-order valence-electron chi connectivity index (χ2n) is 5.03. The summed E-state index contributed by atoms with van der Waals surface area (Å²) >= 11 is 7.67. The Morgan fingerprint density at radius 3 is 3.00 bits per heavy atom. The van der Waals surface area contributed by atoms with Crippen molar-refractivity contribution in [3.8, 4) is 10.6 Å². The molecule has 0 bridgehead atoms. The number of fused-ring (bicyclic) bond motifs is 1. The molecule has 3 aromatic rings. The average Bonchev–Trinajstić information content (AvgIpc) is 3.23. The molecule has 2 aromatic heterocycles. The Kier molecular flexibility index (Phi) is 3.51. The lowest BCUT2D eigenvalue weighted by Crippen LogP contribution is -2.07. The van der Waals surface area contributed by atoms with Crippen molar-refractivity contribution in [1.29, 1.82) is 0 Å². The van der Waals surface area contributed by atoms with Gasteiger partial charge in [-0.25, -0.2) is 0 Å². The molecule has 0 saturated heterocycles. The molecule has 0 fully saturated rings. The quantitative estimate of drug-likeness (QED) is 0.795. The summed E-state index contributed by atoms with van der Waals surface area (Å²) in [5, 5.41) is 22.3. The number of halogens is 1. The van der Waals surface area contributed by atoms with Crippen LogP contribution in [0, 0.1) is 0 Å². The smallest absolute Gasteiger partial charge is 0.206 e. The molecule has 0 spiro atoms. The Labute approximate surface area is 136 Å². The molecular formula is C14H13ClN6S. The van der Waals surface area contributed by atoms with Crippen molar-refractivity contribution >= 4 is 28.1 Å². The highest BCUT2D eigenvalue weighted by Crippen LogP contribution is 2.31. The lowest BCUT2D eigenvalue weighted by molar-refractivity contribution is 0.695. The first-order valence-corrected chi connectivity index (χ1v) is 8.24. The molecule has 6 nitrogen and oxygen atoms in total. The average molecular weight is 333 g/mol. The van der Waals surface area contributed by atoms with Crippen LogP contribution in [-0.4, -0.2) is 25.0 Å². The van der Waals surface area contributed by atoms with Gasteiger partial charge >= 0.3 is 0 Å². The lowest BCUT2D eigenvalue weighted by Gasteiger charge is -2.03. The van der Waals surface area contributed by atoms with Crippen LogP contribution in [-0.2, 0) is 19.5 Å². The molecule has 22 heavy (non-hydrogen) atoms. The first-order valence-electron chi connectivity index (χ1n) is 7.04. The third-order valence-electron chi connectivity index (χ3n) is 3.61. The van der Waals surface area contributed by atoms with Gasteiger partial charge < -0.3 is 9.88 Å². The molecule has 8 heteroatoms. The Morgan fingerprint density at radius 1 is 1.18 bits per heavy atom. The minimum Gasteiger partial charge on any atom is -0.353 e. The minimum absolute atomic E-state index is 0.601. The van der Waals surface area contributed by atoms with Gasteiger partial charge in [-0.05, 0) is 12.5 Å². The summed E-state index contributed by atoms with van der Waals surface area (Å²) < 4.78 is 2.17. The van der Waals surface area contributed by atoms with Crippen molar-refractivity contribution in [3.05, 3.63) is 40.9 Å². The van der Waals surface area contributed by atoms with Gasteiger partial charge in [0.25, 0.3) is 0 Å². The van der Waals surface area contributed by atoms with Gasteiger partial charge in [-0.2, -0.15) is 0 Å². The molecule has 0 atom stereocenters. The summed E-state index contributed by atoms with van der Waals surface area (Å²) in [5.41, 5.74) is 0.901. The van der Waals surface area contributed by atoms with E-state index in [0.717, 1.165) is 46.7 Å². The van der Waals surface area contributed by atoms with E-state index in [9.17, 15) is 0 Å². The van der Waals surface area contributed by atoms with E-state index in [1.54, 1.807) is 0 Å². The fourth-order valence-electron chi connectivity index (χ4n) is 2.53. The number of rotatable bonds is 4. The van der Waals surface area contributed by atoms with Crippen LogP contribution in [0.5, 0.6) is 0 Å². The van der Waals surface area contributed by atoms with Gasteiger partial charge in [-0.1, -0.05) is 41.1 Å². The van der Waals surface area contributed by atoms with Gasteiger partial charge in [0, 0.05) is 18.5 Å². The van der Waals surface area contributed by atoms with E-state index in [0.29, 0.717) is 11.6 Å². The highest BCUT2D eigenvalue weighted by molar-refractivity contribution is 7.18. The first kappa shape index (κ1) is 13.7. The first-order chi connectivity index (χ1) is 10.8. The summed E-state index contributed by atoms with van der Waals surface area (Å²) in [7, 11) is 0. The van der Waals surface area contributed by atoms with Crippen molar-refractivity contribution in [2.45, 2.75) is 25.9 Å². The molecule has 1 aromatic carbocycles. The van der Waals surface area contributed by atoms with Crippen molar-refractivity contribution in [2.24, 2.45) is 0 Å². The Morgan fingerprint density at radius 2 is 2.09 bits per heavy atom. The van der Waals surface area contributed by atoms with Gasteiger partial charge in [-0.3, -0.25) is 0 Å². The SMILES string of the molecule is Clc1ccccc1-c1nnc(NCc2nnc3n2CCC3)s1. The summed E-state index contributed by atoms with van der Waals surface area (Å²) in [5.74, 6) is 2.02. The molecule has 1 aliphatic rings. The Bertz CT molecular complexity index is 811. The van der Waals surface area contributed by atoms with E-state index >= 15 is 0 Å². The zero-order valence-electron chi connectivity index (χ0n) is 11.7. The number of aryl methyl sites for hydroxylation is 1. The molecule has 0 radical (unpaired) electrons. The minimum atomic E-state index is 0.601. The normalized spacial score (nSPS) is 13.3. The zero-order valence-corrected chi connectivity index (χ0v) is 13.2. The van der Waals surface area contributed by atoms with Gasteiger partial charge in [0.1, 0.15) is 5.82 Å². The lowest BCUT2D eigenvalue weighted by atomic mass is 10.2. The van der Waals surface area contributed by atoms with Gasteiger partial charge in [0.2, 0.25) is 5.13 Å². The maximum absolute atomic E-state index is 6.19. The third kappa shape index (κ3) is 2.46.